The number of ketones is 1. The summed E-state index contributed by atoms with van der Waals surface area (Å²) < 4.78 is 5.23. The molecule has 0 aromatic rings. The topological polar surface area (TPSA) is 46.5 Å². The van der Waals surface area contributed by atoms with Crippen LogP contribution in [0.5, 0.6) is 0 Å². The number of ether oxygens (including phenoxy) is 1. The Balaban J connectivity index is 2.65. The third-order valence-corrected chi connectivity index (χ3v) is 2.48. The van der Waals surface area contributed by atoms with Gasteiger partial charge in [0.15, 0.2) is 5.78 Å². The van der Waals surface area contributed by atoms with Crippen molar-refractivity contribution in [2.45, 2.75) is 31.5 Å². The van der Waals surface area contributed by atoms with Gasteiger partial charge in [-0.25, -0.2) is 0 Å². The molecule has 0 spiro atoms. The lowest BCUT2D eigenvalue weighted by Crippen LogP contribution is -2.55. The second-order valence-corrected chi connectivity index (χ2v) is 3.03. The first-order valence-electron chi connectivity index (χ1n) is 4.14. The van der Waals surface area contributed by atoms with Crippen LogP contribution in [0.25, 0.3) is 0 Å². The lowest BCUT2D eigenvalue weighted by atomic mass is 9.84. The van der Waals surface area contributed by atoms with Crippen LogP contribution in [0.3, 0.4) is 0 Å². The van der Waals surface area contributed by atoms with Crippen LogP contribution in [0, 0.1) is 0 Å². The van der Waals surface area contributed by atoms with E-state index >= 15 is 0 Å². The van der Waals surface area contributed by atoms with Crippen LogP contribution in [0.2, 0.25) is 0 Å². The van der Waals surface area contributed by atoms with Crippen molar-refractivity contribution in [2.75, 3.05) is 6.61 Å². The molecule has 1 heterocycles. The van der Waals surface area contributed by atoms with E-state index in [1.54, 1.807) is 0 Å². The average molecular weight is 170 g/mol. The minimum atomic E-state index is -1.03. The van der Waals surface area contributed by atoms with Crippen LogP contribution in [0.1, 0.15) is 19.8 Å². The van der Waals surface area contributed by atoms with E-state index in [-0.39, 0.29) is 5.78 Å². The smallest absolute Gasteiger partial charge is 0.186 e. The fourth-order valence-electron chi connectivity index (χ4n) is 1.42. The van der Waals surface area contributed by atoms with Crippen molar-refractivity contribution >= 4 is 5.78 Å². The summed E-state index contributed by atoms with van der Waals surface area (Å²) in [6, 6.07) is 0. The summed E-state index contributed by atoms with van der Waals surface area (Å²) in [7, 11) is 0. The molecule has 1 aliphatic heterocycles. The fourth-order valence-corrected chi connectivity index (χ4v) is 1.42. The molecular formula is C9H14O3. The van der Waals surface area contributed by atoms with Crippen molar-refractivity contribution in [1.29, 1.82) is 0 Å². The van der Waals surface area contributed by atoms with Gasteiger partial charge in [-0.15, -0.1) is 0 Å². The van der Waals surface area contributed by atoms with E-state index in [0.717, 1.165) is 12.5 Å². The molecule has 1 fully saturated rings. The lowest BCUT2D eigenvalue weighted by Gasteiger charge is -2.43. The lowest BCUT2D eigenvalue weighted by molar-refractivity contribution is -0.203. The Labute approximate surface area is 72.0 Å². The molecular weight excluding hydrogens is 156 g/mol. The molecule has 2 unspecified atom stereocenters. The molecule has 1 saturated heterocycles. The molecule has 0 bridgehead atoms. The maximum Gasteiger partial charge on any atom is 0.186 e. The first-order valence-corrected chi connectivity index (χ1v) is 4.14. The van der Waals surface area contributed by atoms with Crippen LogP contribution in [0.15, 0.2) is 12.7 Å². The highest BCUT2D eigenvalue weighted by molar-refractivity contribution is 5.93. The highest BCUT2D eigenvalue weighted by Gasteiger charge is 2.45. The molecule has 68 valence electrons. The summed E-state index contributed by atoms with van der Waals surface area (Å²) in [5, 5.41) is 9.54. The summed E-state index contributed by atoms with van der Waals surface area (Å²) in [5.74, 6) is -0.350. The molecule has 0 aromatic heterocycles. The number of hydrogen-bond acceptors (Lipinski definition) is 3. The first-order chi connectivity index (χ1) is 5.66. The van der Waals surface area contributed by atoms with E-state index in [2.05, 4.69) is 6.58 Å². The Morgan fingerprint density at radius 2 is 2.50 bits per heavy atom. The summed E-state index contributed by atoms with van der Waals surface area (Å²) in [5.41, 5.74) is -0.620. The SMILES string of the molecule is C=CC(=O)C(O)C1(CC)CCO1. The Kier molecular flexibility index (Phi) is 2.65. The quantitative estimate of drug-likeness (QED) is 0.631. The van der Waals surface area contributed by atoms with Crippen LogP contribution in [-0.4, -0.2) is 29.2 Å². The minimum absolute atomic E-state index is 0.350. The molecule has 0 radical (unpaired) electrons. The summed E-state index contributed by atoms with van der Waals surface area (Å²) in [6.45, 7) is 5.86. The van der Waals surface area contributed by atoms with Crippen LogP contribution in [-0.2, 0) is 9.53 Å². The largest absolute Gasteiger partial charge is 0.382 e. The fraction of sp³-hybridized carbons (Fsp3) is 0.667. The first kappa shape index (κ1) is 9.42. The molecule has 3 heteroatoms. The van der Waals surface area contributed by atoms with Crippen molar-refractivity contribution in [3.63, 3.8) is 0 Å². The zero-order chi connectivity index (χ0) is 9.19. The standard InChI is InChI=1S/C9H14O3/c1-3-7(10)8(11)9(4-2)5-6-12-9/h3,8,11H,1,4-6H2,2H3. The minimum Gasteiger partial charge on any atom is -0.382 e. The van der Waals surface area contributed by atoms with Crippen LogP contribution in [0.4, 0.5) is 0 Å². The third-order valence-electron chi connectivity index (χ3n) is 2.48. The van der Waals surface area contributed by atoms with Crippen LogP contribution >= 0.6 is 0 Å². The summed E-state index contributed by atoms with van der Waals surface area (Å²) in [6.07, 6.45) is 1.52. The number of carbonyl (C=O) groups excluding carboxylic acids is 1. The van der Waals surface area contributed by atoms with Gasteiger partial charge >= 0.3 is 0 Å². The average Bonchev–Trinajstić information content (AvgIpc) is 2.02. The number of aliphatic hydroxyl groups excluding tert-OH is 1. The normalized spacial score (nSPS) is 30.5. The van der Waals surface area contributed by atoms with Gasteiger partial charge in [0.2, 0.25) is 0 Å². The highest BCUT2D eigenvalue weighted by Crippen LogP contribution is 2.33. The predicted molar refractivity (Wildman–Crippen MR) is 44.8 cm³/mol. The predicted octanol–water partition coefficient (Wildman–Crippen LogP) is 0.671. The number of hydrogen-bond donors (Lipinski definition) is 1. The van der Waals surface area contributed by atoms with E-state index in [1.807, 2.05) is 6.92 Å². The molecule has 1 aliphatic rings. The Bertz CT molecular complexity index is 188. The zero-order valence-electron chi connectivity index (χ0n) is 7.25. The highest BCUT2D eigenvalue weighted by atomic mass is 16.5. The van der Waals surface area contributed by atoms with Crippen molar-refractivity contribution in [2.24, 2.45) is 0 Å². The number of aliphatic hydroxyl groups is 1. The van der Waals surface area contributed by atoms with E-state index in [1.165, 1.54) is 0 Å². The number of carbonyl (C=O) groups is 1. The van der Waals surface area contributed by atoms with Gasteiger partial charge in [-0.05, 0) is 12.5 Å². The molecule has 1 N–H and O–H groups in total. The Morgan fingerprint density at radius 3 is 2.75 bits per heavy atom. The second kappa shape index (κ2) is 3.37. The number of rotatable bonds is 4. The maximum atomic E-state index is 11.1. The molecule has 1 rings (SSSR count). The Hall–Kier alpha value is -0.670. The van der Waals surface area contributed by atoms with Gasteiger partial charge < -0.3 is 9.84 Å². The molecule has 0 saturated carbocycles. The van der Waals surface area contributed by atoms with Gasteiger partial charge in [-0.2, -0.15) is 0 Å². The zero-order valence-corrected chi connectivity index (χ0v) is 7.25. The Morgan fingerprint density at radius 1 is 1.92 bits per heavy atom. The summed E-state index contributed by atoms with van der Waals surface area (Å²) >= 11 is 0. The van der Waals surface area contributed by atoms with Crippen molar-refractivity contribution in [1.82, 2.24) is 0 Å². The van der Waals surface area contributed by atoms with Gasteiger partial charge in [-0.3, -0.25) is 4.79 Å². The van der Waals surface area contributed by atoms with Crippen molar-refractivity contribution in [3.05, 3.63) is 12.7 Å². The van der Waals surface area contributed by atoms with Gasteiger partial charge in [-0.1, -0.05) is 13.5 Å². The molecule has 0 aromatic carbocycles. The van der Waals surface area contributed by atoms with Crippen LogP contribution < -0.4 is 0 Å². The summed E-state index contributed by atoms with van der Waals surface area (Å²) in [4.78, 5) is 11.1. The molecule has 12 heavy (non-hydrogen) atoms. The molecule has 2 atom stereocenters. The van der Waals surface area contributed by atoms with Gasteiger partial charge in [0.05, 0.1) is 6.61 Å². The third kappa shape index (κ3) is 1.30. The molecule has 0 aliphatic carbocycles. The maximum absolute atomic E-state index is 11.1. The van der Waals surface area contributed by atoms with Crippen molar-refractivity contribution < 1.29 is 14.6 Å². The molecule has 0 amide bonds. The van der Waals surface area contributed by atoms with Gasteiger partial charge in [0, 0.05) is 6.42 Å². The van der Waals surface area contributed by atoms with E-state index in [4.69, 9.17) is 4.74 Å². The van der Waals surface area contributed by atoms with E-state index in [0.29, 0.717) is 13.0 Å². The van der Waals surface area contributed by atoms with E-state index in [9.17, 15) is 9.90 Å². The second-order valence-electron chi connectivity index (χ2n) is 3.03. The monoisotopic (exact) mass is 170 g/mol. The van der Waals surface area contributed by atoms with Crippen molar-refractivity contribution in [3.8, 4) is 0 Å². The molecule has 3 nitrogen and oxygen atoms in total. The van der Waals surface area contributed by atoms with Gasteiger partial charge in [0.1, 0.15) is 11.7 Å². The van der Waals surface area contributed by atoms with Gasteiger partial charge in [0.25, 0.3) is 0 Å². The van der Waals surface area contributed by atoms with E-state index < -0.39 is 11.7 Å².